The average molecular weight is 267 g/mol. The van der Waals surface area contributed by atoms with Crippen LogP contribution in [0.15, 0.2) is 48.5 Å². The van der Waals surface area contributed by atoms with Gasteiger partial charge in [-0.3, -0.25) is 0 Å². The summed E-state index contributed by atoms with van der Waals surface area (Å²) >= 11 is 0. The zero-order valence-corrected chi connectivity index (χ0v) is 11.9. The molecule has 20 heavy (non-hydrogen) atoms. The Morgan fingerprint density at radius 2 is 1.50 bits per heavy atom. The Morgan fingerprint density at radius 1 is 0.950 bits per heavy atom. The molecule has 1 aliphatic rings. The summed E-state index contributed by atoms with van der Waals surface area (Å²) in [5.41, 5.74) is 3.68. The third-order valence-electron chi connectivity index (χ3n) is 4.10. The number of aryl methyl sites for hydroxylation is 1. The monoisotopic (exact) mass is 267 g/mol. The van der Waals surface area contributed by atoms with Crippen LogP contribution in [-0.4, -0.2) is 12.2 Å². The van der Waals surface area contributed by atoms with Crippen molar-refractivity contribution in [1.29, 1.82) is 0 Å². The van der Waals surface area contributed by atoms with E-state index in [1.807, 2.05) is 19.2 Å². The molecule has 0 spiro atoms. The Kier molecular flexibility index (Phi) is 3.64. The molecule has 0 saturated heterocycles. The standard InChI is InChI=1S/C18H21NO/c1-19(17-10-12-18(20)13-11-17)16-8-6-15(7-9-16)5-4-14-2-3-14/h6-14,20H,2-5H2,1H3. The molecule has 104 valence electrons. The van der Waals surface area contributed by atoms with Crippen LogP contribution in [0.25, 0.3) is 0 Å². The van der Waals surface area contributed by atoms with Gasteiger partial charge >= 0.3 is 0 Å². The summed E-state index contributed by atoms with van der Waals surface area (Å²) in [7, 11) is 2.05. The smallest absolute Gasteiger partial charge is 0.115 e. The molecule has 2 aromatic rings. The van der Waals surface area contributed by atoms with Gasteiger partial charge in [0, 0.05) is 18.4 Å². The highest BCUT2D eigenvalue weighted by Crippen LogP contribution is 2.33. The van der Waals surface area contributed by atoms with Crippen LogP contribution in [0.3, 0.4) is 0 Å². The largest absolute Gasteiger partial charge is 0.508 e. The van der Waals surface area contributed by atoms with Gasteiger partial charge in [-0.05, 0) is 60.7 Å². The van der Waals surface area contributed by atoms with Gasteiger partial charge < -0.3 is 10.0 Å². The zero-order chi connectivity index (χ0) is 13.9. The van der Waals surface area contributed by atoms with E-state index in [4.69, 9.17) is 0 Å². The van der Waals surface area contributed by atoms with Gasteiger partial charge in [0.2, 0.25) is 0 Å². The molecule has 0 radical (unpaired) electrons. The van der Waals surface area contributed by atoms with Gasteiger partial charge in [-0.25, -0.2) is 0 Å². The van der Waals surface area contributed by atoms with Crippen LogP contribution < -0.4 is 4.90 Å². The molecule has 1 fully saturated rings. The van der Waals surface area contributed by atoms with Crippen molar-refractivity contribution in [3.05, 3.63) is 54.1 Å². The van der Waals surface area contributed by atoms with Crippen molar-refractivity contribution >= 4 is 11.4 Å². The van der Waals surface area contributed by atoms with Crippen LogP contribution in [0, 0.1) is 5.92 Å². The average Bonchev–Trinajstić information content (AvgIpc) is 3.30. The van der Waals surface area contributed by atoms with Gasteiger partial charge in [-0.2, -0.15) is 0 Å². The number of hydrogen-bond donors (Lipinski definition) is 1. The molecule has 0 atom stereocenters. The van der Waals surface area contributed by atoms with Crippen molar-refractivity contribution in [3.63, 3.8) is 0 Å². The highest BCUT2D eigenvalue weighted by Gasteiger charge is 2.20. The fourth-order valence-electron chi connectivity index (χ4n) is 2.49. The van der Waals surface area contributed by atoms with Crippen molar-refractivity contribution in [1.82, 2.24) is 0 Å². The van der Waals surface area contributed by atoms with Crippen molar-refractivity contribution in [2.75, 3.05) is 11.9 Å². The number of benzene rings is 2. The topological polar surface area (TPSA) is 23.5 Å². The molecule has 1 saturated carbocycles. The number of phenolic OH excluding ortho intramolecular Hbond substituents is 1. The van der Waals surface area contributed by atoms with E-state index < -0.39 is 0 Å². The first-order valence-corrected chi connectivity index (χ1v) is 7.34. The van der Waals surface area contributed by atoms with Gasteiger partial charge in [-0.15, -0.1) is 0 Å². The first kappa shape index (κ1) is 13.0. The maximum Gasteiger partial charge on any atom is 0.115 e. The molecule has 2 nitrogen and oxygen atoms in total. The van der Waals surface area contributed by atoms with E-state index >= 15 is 0 Å². The number of hydrogen-bond acceptors (Lipinski definition) is 2. The van der Waals surface area contributed by atoms with Gasteiger partial charge in [0.15, 0.2) is 0 Å². The minimum atomic E-state index is 0.303. The fourth-order valence-corrected chi connectivity index (χ4v) is 2.49. The van der Waals surface area contributed by atoms with Crippen LogP contribution in [0.4, 0.5) is 11.4 Å². The van der Waals surface area contributed by atoms with Gasteiger partial charge in [0.1, 0.15) is 5.75 Å². The second kappa shape index (κ2) is 5.58. The molecule has 0 heterocycles. The number of rotatable bonds is 5. The lowest BCUT2D eigenvalue weighted by Crippen LogP contribution is -2.09. The number of phenols is 1. The molecular weight excluding hydrogens is 246 g/mol. The molecule has 1 N–H and O–H groups in total. The highest BCUT2D eigenvalue weighted by atomic mass is 16.3. The minimum Gasteiger partial charge on any atom is -0.508 e. The van der Waals surface area contributed by atoms with E-state index in [-0.39, 0.29) is 0 Å². The highest BCUT2D eigenvalue weighted by molar-refractivity contribution is 5.63. The number of aromatic hydroxyl groups is 1. The number of anilines is 2. The Hall–Kier alpha value is -1.96. The maximum absolute atomic E-state index is 9.34. The van der Waals surface area contributed by atoms with E-state index in [0.717, 1.165) is 11.6 Å². The molecule has 0 aromatic heterocycles. The molecule has 0 aliphatic heterocycles. The minimum absolute atomic E-state index is 0.303. The molecular formula is C18H21NO. The van der Waals surface area contributed by atoms with Crippen molar-refractivity contribution in [2.24, 2.45) is 5.92 Å². The van der Waals surface area contributed by atoms with E-state index in [2.05, 4.69) is 29.2 Å². The van der Waals surface area contributed by atoms with E-state index in [1.165, 1.54) is 36.9 Å². The van der Waals surface area contributed by atoms with E-state index in [0.29, 0.717) is 5.75 Å². The Labute approximate surface area is 120 Å². The Balaban J connectivity index is 1.67. The predicted octanol–water partition coefficient (Wildman–Crippen LogP) is 4.50. The fraction of sp³-hybridized carbons (Fsp3) is 0.333. The number of nitrogens with zero attached hydrogens (tertiary/aromatic N) is 1. The lowest BCUT2D eigenvalue weighted by Gasteiger charge is -2.19. The summed E-state index contributed by atoms with van der Waals surface area (Å²) in [6, 6.07) is 16.1. The van der Waals surface area contributed by atoms with Crippen LogP contribution >= 0.6 is 0 Å². The summed E-state index contributed by atoms with van der Waals surface area (Å²) in [4.78, 5) is 2.13. The van der Waals surface area contributed by atoms with Gasteiger partial charge in [0.05, 0.1) is 0 Å². The maximum atomic E-state index is 9.34. The predicted molar refractivity (Wildman–Crippen MR) is 83.7 cm³/mol. The van der Waals surface area contributed by atoms with Crippen LogP contribution in [0.5, 0.6) is 5.75 Å². The molecule has 1 aliphatic carbocycles. The molecule has 3 rings (SSSR count). The van der Waals surface area contributed by atoms with E-state index in [1.54, 1.807) is 12.1 Å². The summed E-state index contributed by atoms with van der Waals surface area (Å²) in [6.07, 6.45) is 5.41. The normalized spacial score (nSPS) is 14.2. The molecule has 2 aromatic carbocycles. The summed E-state index contributed by atoms with van der Waals surface area (Å²) in [5.74, 6) is 1.30. The van der Waals surface area contributed by atoms with Gasteiger partial charge in [0.25, 0.3) is 0 Å². The first-order chi connectivity index (χ1) is 9.72. The Bertz CT molecular complexity index is 555. The lowest BCUT2D eigenvalue weighted by molar-refractivity contribution is 0.475. The third-order valence-corrected chi connectivity index (χ3v) is 4.10. The summed E-state index contributed by atoms with van der Waals surface area (Å²) in [5, 5.41) is 9.34. The molecule has 2 heteroatoms. The van der Waals surface area contributed by atoms with Crippen molar-refractivity contribution in [3.8, 4) is 5.75 Å². The SMILES string of the molecule is CN(c1ccc(O)cc1)c1ccc(CCC2CC2)cc1. The summed E-state index contributed by atoms with van der Waals surface area (Å²) in [6.45, 7) is 0. The second-order valence-electron chi connectivity index (χ2n) is 5.72. The van der Waals surface area contributed by atoms with E-state index in [9.17, 15) is 5.11 Å². The zero-order valence-electron chi connectivity index (χ0n) is 11.9. The van der Waals surface area contributed by atoms with Gasteiger partial charge in [-0.1, -0.05) is 25.0 Å². The van der Waals surface area contributed by atoms with Crippen molar-refractivity contribution in [2.45, 2.75) is 25.7 Å². The molecule has 0 unspecified atom stereocenters. The quantitative estimate of drug-likeness (QED) is 0.862. The Morgan fingerprint density at radius 3 is 2.05 bits per heavy atom. The first-order valence-electron chi connectivity index (χ1n) is 7.34. The second-order valence-corrected chi connectivity index (χ2v) is 5.72. The van der Waals surface area contributed by atoms with Crippen LogP contribution in [-0.2, 0) is 6.42 Å². The van der Waals surface area contributed by atoms with Crippen LogP contribution in [0.1, 0.15) is 24.8 Å². The molecule has 0 bridgehead atoms. The lowest BCUT2D eigenvalue weighted by atomic mass is 10.1. The van der Waals surface area contributed by atoms with Crippen molar-refractivity contribution < 1.29 is 5.11 Å². The van der Waals surface area contributed by atoms with Crippen LogP contribution in [0.2, 0.25) is 0 Å². The molecule has 0 amide bonds. The summed E-state index contributed by atoms with van der Waals surface area (Å²) < 4.78 is 0. The third kappa shape index (κ3) is 3.13.